The van der Waals surface area contributed by atoms with Crippen molar-refractivity contribution in [2.45, 2.75) is 0 Å². The van der Waals surface area contributed by atoms with Gasteiger partial charge in [0.05, 0.1) is 35.5 Å². The molecule has 1 amide bonds. The summed E-state index contributed by atoms with van der Waals surface area (Å²) in [5, 5.41) is 4.66. The van der Waals surface area contributed by atoms with Crippen molar-refractivity contribution in [3.05, 3.63) is 71.6 Å². The molecular weight excluding hydrogens is 589 g/mol. The fourth-order valence-corrected chi connectivity index (χ4v) is 6.04. The molecule has 1 aliphatic rings. The van der Waals surface area contributed by atoms with Crippen molar-refractivity contribution in [1.29, 1.82) is 0 Å². The number of anilines is 2. The highest BCUT2D eigenvalue weighted by atomic mass is 35.5. The van der Waals surface area contributed by atoms with Crippen LogP contribution in [0.3, 0.4) is 0 Å². The average Bonchev–Trinajstić information content (AvgIpc) is 3.51. The van der Waals surface area contributed by atoms with Gasteiger partial charge in [-0.2, -0.15) is 0 Å². The molecule has 0 unspecified atom stereocenters. The Morgan fingerprint density at radius 2 is 1.72 bits per heavy atom. The van der Waals surface area contributed by atoms with Crippen LogP contribution in [0.4, 0.5) is 11.6 Å². The van der Waals surface area contributed by atoms with E-state index >= 15 is 0 Å². The molecule has 0 atom stereocenters. The molecule has 0 radical (unpaired) electrons. The van der Waals surface area contributed by atoms with E-state index < -0.39 is 0 Å². The maximum Gasteiger partial charge on any atom is 0.246 e. The summed E-state index contributed by atoms with van der Waals surface area (Å²) in [5.41, 5.74) is 4.34. The number of halogens is 2. The number of methoxy groups -OCH3 is 2. The molecule has 4 aromatic heterocycles. The number of amides is 1. The van der Waals surface area contributed by atoms with Crippen LogP contribution in [0.5, 0.6) is 11.5 Å². The summed E-state index contributed by atoms with van der Waals surface area (Å²) in [6.45, 7) is 6.23. The average molecular weight is 619 g/mol. The van der Waals surface area contributed by atoms with Gasteiger partial charge in [0.15, 0.2) is 0 Å². The Hall–Kier alpha value is -4.54. The smallest absolute Gasteiger partial charge is 0.246 e. The van der Waals surface area contributed by atoms with Crippen molar-refractivity contribution in [3.8, 4) is 33.9 Å². The Morgan fingerprint density at radius 3 is 2.33 bits per heavy atom. The van der Waals surface area contributed by atoms with Crippen molar-refractivity contribution in [1.82, 2.24) is 24.3 Å². The number of aromatic nitrogens is 4. The van der Waals surface area contributed by atoms with Crippen LogP contribution in [-0.2, 0) is 4.79 Å². The lowest BCUT2D eigenvalue weighted by Gasteiger charge is -2.34. The monoisotopic (exact) mass is 617 g/mol. The Labute approximate surface area is 258 Å². The lowest BCUT2D eigenvalue weighted by molar-refractivity contribution is -0.126. The van der Waals surface area contributed by atoms with Crippen molar-refractivity contribution in [2.75, 3.05) is 57.7 Å². The van der Waals surface area contributed by atoms with E-state index in [1.165, 1.54) is 6.08 Å². The molecule has 6 rings (SSSR count). The van der Waals surface area contributed by atoms with E-state index in [0.29, 0.717) is 64.5 Å². The highest BCUT2D eigenvalue weighted by Crippen LogP contribution is 2.47. The topological polar surface area (TPSA) is 97.1 Å². The van der Waals surface area contributed by atoms with Crippen molar-refractivity contribution in [2.24, 2.45) is 0 Å². The summed E-state index contributed by atoms with van der Waals surface area (Å²) in [6, 6.07) is 9.58. The third-order valence-electron chi connectivity index (χ3n) is 7.65. The van der Waals surface area contributed by atoms with E-state index in [2.05, 4.69) is 21.8 Å². The Morgan fingerprint density at radius 1 is 1.00 bits per heavy atom. The molecule has 10 nitrogen and oxygen atoms in total. The number of benzene rings is 1. The summed E-state index contributed by atoms with van der Waals surface area (Å²) in [7, 11) is 4.91. The highest BCUT2D eigenvalue weighted by molar-refractivity contribution is 6.41. The molecule has 1 aromatic carbocycles. The van der Waals surface area contributed by atoms with Crippen LogP contribution in [0.25, 0.3) is 38.9 Å². The molecule has 0 bridgehead atoms. The highest BCUT2D eigenvalue weighted by Gasteiger charge is 2.24. The first-order valence-corrected chi connectivity index (χ1v) is 14.3. The molecule has 5 aromatic rings. The quantitative estimate of drug-likeness (QED) is 0.228. The second kappa shape index (κ2) is 11.6. The molecule has 0 saturated carbocycles. The van der Waals surface area contributed by atoms with Crippen LogP contribution < -0.4 is 19.7 Å². The molecule has 220 valence electrons. The van der Waals surface area contributed by atoms with Gasteiger partial charge in [-0.05, 0) is 24.3 Å². The van der Waals surface area contributed by atoms with Gasteiger partial charge in [0, 0.05) is 86.0 Å². The van der Waals surface area contributed by atoms with E-state index in [0.717, 1.165) is 33.8 Å². The van der Waals surface area contributed by atoms with E-state index in [4.69, 9.17) is 42.6 Å². The number of carbonyl (C=O) groups excluding carboxylic acids is 1. The van der Waals surface area contributed by atoms with E-state index in [1.807, 2.05) is 48.1 Å². The van der Waals surface area contributed by atoms with Gasteiger partial charge in [0.25, 0.3) is 0 Å². The van der Waals surface area contributed by atoms with Gasteiger partial charge in [-0.25, -0.2) is 15.0 Å². The number of pyridine rings is 3. The minimum absolute atomic E-state index is 0.0470. The Bertz CT molecular complexity index is 1840. The number of carbonyl (C=O) groups is 1. The predicted molar refractivity (Wildman–Crippen MR) is 171 cm³/mol. The molecule has 1 aliphatic heterocycles. The van der Waals surface area contributed by atoms with Gasteiger partial charge in [-0.1, -0.05) is 29.8 Å². The number of fused-ring (bicyclic) bond motifs is 3. The normalized spacial score (nSPS) is 13.4. The molecule has 5 heterocycles. The van der Waals surface area contributed by atoms with Crippen LogP contribution in [0.2, 0.25) is 10.0 Å². The zero-order valence-electron chi connectivity index (χ0n) is 23.9. The SMILES string of the molecule is C=CC(=O)N1CCN(c2ccc(-c3cn4c(n3)c(-c3c(Cl)c(OC)cc(OC)c3Cl)cc3cnc(NC)cc34)cn2)CC1. The first kappa shape index (κ1) is 28.6. The number of nitrogens with one attached hydrogen (secondary N) is 1. The van der Waals surface area contributed by atoms with Crippen molar-refractivity contribution in [3.63, 3.8) is 0 Å². The molecule has 0 spiro atoms. The van der Waals surface area contributed by atoms with Crippen LogP contribution >= 0.6 is 23.2 Å². The lowest BCUT2D eigenvalue weighted by atomic mass is 10.0. The fourth-order valence-electron chi connectivity index (χ4n) is 5.34. The molecule has 43 heavy (non-hydrogen) atoms. The zero-order valence-corrected chi connectivity index (χ0v) is 25.4. The number of piperazine rings is 1. The zero-order chi connectivity index (χ0) is 30.2. The van der Waals surface area contributed by atoms with Crippen molar-refractivity contribution >= 4 is 57.3 Å². The summed E-state index contributed by atoms with van der Waals surface area (Å²) >= 11 is 13.7. The summed E-state index contributed by atoms with van der Waals surface area (Å²) < 4.78 is 13.1. The van der Waals surface area contributed by atoms with Gasteiger partial charge in [0.2, 0.25) is 5.91 Å². The predicted octanol–water partition coefficient (Wildman–Crippen LogP) is 5.81. The maximum absolute atomic E-state index is 11.9. The molecule has 1 fully saturated rings. The van der Waals surface area contributed by atoms with Gasteiger partial charge in [-0.3, -0.25) is 9.20 Å². The van der Waals surface area contributed by atoms with Crippen LogP contribution in [0, 0.1) is 0 Å². The molecule has 0 aliphatic carbocycles. The van der Waals surface area contributed by atoms with E-state index in [9.17, 15) is 4.79 Å². The van der Waals surface area contributed by atoms with Gasteiger partial charge < -0.3 is 24.6 Å². The number of nitrogens with zero attached hydrogens (tertiary/aromatic N) is 6. The maximum atomic E-state index is 11.9. The Balaban J connectivity index is 1.46. The minimum Gasteiger partial charge on any atom is -0.495 e. The third kappa shape index (κ3) is 5.06. The van der Waals surface area contributed by atoms with Crippen LogP contribution in [0.15, 0.2) is 61.6 Å². The number of hydrogen-bond acceptors (Lipinski definition) is 8. The lowest BCUT2D eigenvalue weighted by Crippen LogP contribution is -2.48. The number of imidazole rings is 1. The van der Waals surface area contributed by atoms with Gasteiger partial charge >= 0.3 is 0 Å². The number of ether oxygens (including phenoxy) is 2. The summed E-state index contributed by atoms with van der Waals surface area (Å²) in [4.78, 5) is 30.2. The second-order valence-corrected chi connectivity index (χ2v) is 10.7. The first-order valence-electron chi connectivity index (χ1n) is 13.6. The summed E-state index contributed by atoms with van der Waals surface area (Å²) in [6.07, 6.45) is 6.93. The summed E-state index contributed by atoms with van der Waals surface area (Å²) in [5.74, 6) is 2.38. The number of hydrogen-bond donors (Lipinski definition) is 1. The molecule has 1 saturated heterocycles. The fraction of sp³-hybridized carbons (Fsp3) is 0.226. The van der Waals surface area contributed by atoms with E-state index in [-0.39, 0.29) is 5.91 Å². The largest absolute Gasteiger partial charge is 0.495 e. The molecule has 12 heteroatoms. The van der Waals surface area contributed by atoms with Gasteiger partial charge in [0.1, 0.15) is 28.8 Å². The van der Waals surface area contributed by atoms with Crippen LogP contribution in [-0.4, -0.2) is 77.6 Å². The molecular formula is C31H29Cl2N7O3. The second-order valence-electron chi connectivity index (χ2n) is 9.96. The van der Waals surface area contributed by atoms with E-state index in [1.54, 1.807) is 31.4 Å². The van der Waals surface area contributed by atoms with Crippen molar-refractivity contribution < 1.29 is 14.3 Å². The Kier molecular flexibility index (Phi) is 7.72. The first-order chi connectivity index (χ1) is 20.9. The molecule has 1 N–H and O–H groups in total. The standard InChI is InChI=1S/C31H29Cl2N7O3/c1-5-27(41)39-10-8-38(9-11-39)26-7-6-18(15-36-26)21-17-40-22-13-25(34-2)35-16-19(22)12-20(31(40)37-21)28-29(32)23(42-3)14-24(43-4)30(28)33/h5-7,12-17H,1,8-11H2,2-4H3,(H,34,35). The minimum atomic E-state index is -0.0470. The third-order valence-corrected chi connectivity index (χ3v) is 8.40. The number of rotatable bonds is 7. The van der Waals surface area contributed by atoms with Crippen LogP contribution in [0.1, 0.15) is 0 Å². The van der Waals surface area contributed by atoms with Gasteiger partial charge in [-0.15, -0.1) is 0 Å².